The van der Waals surface area contributed by atoms with E-state index in [0.717, 1.165) is 12.0 Å². The maximum Gasteiger partial charge on any atom is 0.0130 e. The lowest BCUT2D eigenvalue weighted by molar-refractivity contribution is 0.232. The Hall–Kier alpha value is -0.0400. The molecule has 2 fully saturated rings. The van der Waals surface area contributed by atoms with E-state index in [2.05, 4.69) is 19.2 Å². The SMILES string of the molecule is CC1(C)CC2CCC(C2)N1. The molecule has 58 valence electrons. The Morgan fingerprint density at radius 1 is 1.30 bits per heavy atom. The Morgan fingerprint density at radius 2 is 2.10 bits per heavy atom. The Bertz CT molecular complexity index is 126. The van der Waals surface area contributed by atoms with Gasteiger partial charge < -0.3 is 5.32 Å². The summed E-state index contributed by atoms with van der Waals surface area (Å²) in [7, 11) is 0. The molecule has 2 rings (SSSR count). The van der Waals surface area contributed by atoms with Crippen molar-refractivity contribution in [2.45, 2.75) is 51.1 Å². The lowest BCUT2D eigenvalue weighted by Crippen LogP contribution is -2.48. The van der Waals surface area contributed by atoms with Gasteiger partial charge in [-0.3, -0.25) is 0 Å². The van der Waals surface area contributed by atoms with E-state index in [0.29, 0.717) is 5.54 Å². The van der Waals surface area contributed by atoms with Gasteiger partial charge >= 0.3 is 0 Å². The summed E-state index contributed by atoms with van der Waals surface area (Å²) in [5.74, 6) is 1.04. The second-order valence-corrected chi connectivity index (χ2v) is 4.61. The van der Waals surface area contributed by atoms with E-state index < -0.39 is 0 Å². The van der Waals surface area contributed by atoms with Gasteiger partial charge in [0.1, 0.15) is 0 Å². The molecular weight excluding hydrogens is 122 g/mol. The predicted molar refractivity (Wildman–Crippen MR) is 43.0 cm³/mol. The molecular formula is C9H17N. The molecule has 1 saturated carbocycles. The fourth-order valence-corrected chi connectivity index (χ4v) is 2.72. The van der Waals surface area contributed by atoms with Crippen LogP contribution >= 0.6 is 0 Å². The first-order chi connectivity index (χ1) is 4.66. The third-order valence-corrected chi connectivity index (χ3v) is 2.94. The van der Waals surface area contributed by atoms with E-state index in [1.165, 1.54) is 25.7 Å². The van der Waals surface area contributed by atoms with Crippen LogP contribution in [-0.4, -0.2) is 11.6 Å². The van der Waals surface area contributed by atoms with Gasteiger partial charge in [0.2, 0.25) is 0 Å². The normalized spacial score (nSPS) is 43.8. The first-order valence-electron chi connectivity index (χ1n) is 4.43. The molecule has 2 aliphatic rings. The van der Waals surface area contributed by atoms with Crippen LogP contribution in [-0.2, 0) is 0 Å². The largest absolute Gasteiger partial charge is 0.309 e. The molecule has 1 heteroatoms. The summed E-state index contributed by atoms with van der Waals surface area (Å²) in [5.41, 5.74) is 0.435. The minimum Gasteiger partial charge on any atom is -0.309 e. The maximum atomic E-state index is 3.68. The van der Waals surface area contributed by atoms with Crippen molar-refractivity contribution < 1.29 is 0 Å². The maximum absolute atomic E-state index is 3.68. The van der Waals surface area contributed by atoms with Gasteiger partial charge in [-0.1, -0.05) is 0 Å². The number of hydrogen-bond acceptors (Lipinski definition) is 1. The van der Waals surface area contributed by atoms with Gasteiger partial charge in [-0.15, -0.1) is 0 Å². The third kappa shape index (κ3) is 1.07. The molecule has 0 amide bonds. The lowest BCUT2D eigenvalue weighted by Gasteiger charge is -2.36. The standard InChI is InChI=1S/C9H17N/c1-9(2)6-7-3-4-8(5-7)10-9/h7-8,10H,3-6H2,1-2H3. The average Bonchev–Trinajstić information content (AvgIpc) is 2.08. The molecule has 1 saturated heterocycles. The van der Waals surface area contributed by atoms with Gasteiger partial charge in [-0.2, -0.15) is 0 Å². The van der Waals surface area contributed by atoms with Gasteiger partial charge in [0.25, 0.3) is 0 Å². The molecule has 0 aromatic heterocycles. The van der Waals surface area contributed by atoms with Crippen molar-refractivity contribution in [3.63, 3.8) is 0 Å². The van der Waals surface area contributed by atoms with Crippen molar-refractivity contribution in [1.82, 2.24) is 5.32 Å². The van der Waals surface area contributed by atoms with Gasteiger partial charge in [0.15, 0.2) is 0 Å². The Morgan fingerprint density at radius 3 is 2.80 bits per heavy atom. The highest BCUT2D eigenvalue weighted by Crippen LogP contribution is 2.37. The van der Waals surface area contributed by atoms with Crippen LogP contribution in [0.5, 0.6) is 0 Å². The lowest BCUT2D eigenvalue weighted by atomic mass is 9.86. The van der Waals surface area contributed by atoms with Crippen molar-refractivity contribution >= 4 is 0 Å². The monoisotopic (exact) mass is 139 g/mol. The number of fused-ring (bicyclic) bond motifs is 2. The fraction of sp³-hybridized carbons (Fsp3) is 1.00. The van der Waals surface area contributed by atoms with Gasteiger partial charge in [-0.05, 0) is 45.4 Å². The van der Waals surface area contributed by atoms with Crippen LogP contribution in [0.3, 0.4) is 0 Å². The van der Waals surface area contributed by atoms with Crippen molar-refractivity contribution in [3.8, 4) is 0 Å². The van der Waals surface area contributed by atoms with E-state index in [1.54, 1.807) is 0 Å². The number of hydrogen-bond donors (Lipinski definition) is 1. The molecule has 2 atom stereocenters. The van der Waals surface area contributed by atoms with Crippen LogP contribution in [0.15, 0.2) is 0 Å². The Kier molecular flexibility index (Phi) is 1.31. The molecule has 0 radical (unpaired) electrons. The molecule has 10 heavy (non-hydrogen) atoms. The number of nitrogens with one attached hydrogen (secondary N) is 1. The van der Waals surface area contributed by atoms with Crippen molar-refractivity contribution in [3.05, 3.63) is 0 Å². The van der Waals surface area contributed by atoms with Crippen LogP contribution in [0, 0.1) is 5.92 Å². The molecule has 1 aliphatic carbocycles. The van der Waals surface area contributed by atoms with Crippen molar-refractivity contribution in [1.29, 1.82) is 0 Å². The second-order valence-electron chi connectivity index (χ2n) is 4.61. The van der Waals surface area contributed by atoms with E-state index in [1.807, 2.05) is 0 Å². The summed E-state index contributed by atoms with van der Waals surface area (Å²) in [6.07, 6.45) is 5.74. The molecule has 1 nitrogen and oxygen atoms in total. The van der Waals surface area contributed by atoms with Crippen LogP contribution in [0.25, 0.3) is 0 Å². The first-order valence-corrected chi connectivity index (χ1v) is 4.43. The first kappa shape index (κ1) is 6.66. The minimum atomic E-state index is 0.435. The summed E-state index contributed by atoms with van der Waals surface area (Å²) in [6.45, 7) is 4.66. The average molecular weight is 139 g/mol. The van der Waals surface area contributed by atoms with E-state index >= 15 is 0 Å². The molecule has 2 bridgehead atoms. The van der Waals surface area contributed by atoms with E-state index in [4.69, 9.17) is 0 Å². The molecule has 1 N–H and O–H groups in total. The van der Waals surface area contributed by atoms with Crippen molar-refractivity contribution in [2.24, 2.45) is 5.92 Å². The molecule has 0 aromatic carbocycles. The molecule has 0 aromatic rings. The van der Waals surface area contributed by atoms with Crippen LogP contribution in [0.2, 0.25) is 0 Å². The Labute approximate surface area is 63.2 Å². The molecule has 1 heterocycles. The van der Waals surface area contributed by atoms with Crippen LogP contribution < -0.4 is 5.32 Å². The molecule has 0 spiro atoms. The van der Waals surface area contributed by atoms with Gasteiger partial charge in [-0.25, -0.2) is 0 Å². The van der Waals surface area contributed by atoms with E-state index in [9.17, 15) is 0 Å². The van der Waals surface area contributed by atoms with Gasteiger partial charge in [0.05, 0.1) is 0 Å². The van der Waals surface area contributed by atoms with Crippen molar-refractivity contribution in [2.75, 3.05) is 0 Å². The van der Waals surface area contributed by atoms with Gasteiger partial charge in [0, 0.05) is 11.6 Å². The highest BCUT2D eigenvalue weighted by atomic mass is 15.0. The fourth-order valence-electron chi connectivity index (χ4n) is 2.72. The highest BCUT2D eigenvalue weighted by Gasteiger charge is 2.37. The smallest absolute Gasteiger partial charge is 0.0130 e. The zero-order valence-corrected chi connectivity index (χ0v) is 6.98. The molecule has 1 aliphatic heterocycles. The summed E-state index contributed by atoms with van der Waals surface area (Å²) < 4.78 is 0. The van der Waals surface area contributed by atoms with Crippen LogP contribution in [0.4, 0.5) is 0 Å². The van der Waals surface area contributed by atoms with Crippen LogP contribution in [0.1, 0.15) is 39.5 Å². The third-order valence-electron chi connectivity index (χ3n) is 2.94. The number of piperidine rings is 1. The van der Waals surface area contributed by atoms with E-state index in [-0.39, 0.29) is 0 Å². The Balaban J connectivity index is 2.09. The summed E-state index contributed by atoms with van der Waals surface area (Å²) in [4.78, 5) is 0. The summed E-state index contributed by atoms with van der Waals surface area (Å²) in [6, 6.07) is 0.855. The minimum absolute atomic E-state index is 0.435. The summed E-state index contributed by atoms with van der Waals surface area (Å²) >= 11 is 0. The zero-order valence-electron chi connectivity index (χ0n) is 6.98. The molecule has 2 unspecified atom stereocenters. The zero-order chi connectivity index (χ0) is 7.19. The summed E-state index contributed by atoms with van der Waals surface area (Å²) in [5, 5.41) is 3.68. The predicted octanol–water partition coefficient (Wildman–Crippen LogP) is 1.93. The topological polar surface area (TPSA) is 12.0 Å². The quantitative estimate of drug-likeness (QED) is 0.540. The number of rotatable bonds is 0. The highest BCUT2D eigenvalue weighted by molar-refractivity contribution is 4.96. The second kappa shape index (κ2) is 1.97.